The van der Waals surface area contributed by atoms with Crippen LogP contribution < -0.4 is 10.1 Å². The number of hydrogen-bond acceptors (Lipinski definition) is 4. The molecule has 0 spiro atoms. The fourth-order valence-electron chi connectivity index (χ4n) is 2.28. The Labute approximate surface area is 149 Å². The quantitative estimate of drug-likeness (QED) is 0.847. The molecule has 0 aliphatic carbocycles. The lowest BCUT2D eigenvalue weighted by atomic mass is 10.1. The smallest absolute Gasteiger partial charge is 0.406 e. The summed E-state index contributed by atoms with van der Waals surface area (Å²) in [6, 6.07) is 5.74. The summed E-state index contributed by atoms with van der Waals surface area (Å²) in [4.78, 5) is 13.8. The maximum Gasteiger partial charge on any atom is 0.573 e. The molecule has 0 aromatic heterocycles. The van der Waals surface area contributed by atoms with Gasteiger partial charge in [0.05, 0.1) is 0 Å². The molecule has 1 aliphatic rings. The largest absolute Gasteiger partial charge is 0.573 e. The number of halogens is 4. The highest BCUT2D eigenvalue weighted by Gasteiger charge is 2.31. The summed E-state index contributed by atoms with van der Waals surface area (Å²) in [7, 11) is 1.69. The van der Waals surface area contributed by atoms with Crippen LogP contribution in [0.2, 0.25) is 0 Å². The summed E-state index contributed by atoms with van der Waals surface area (Å²) in [5.74, 6) is 1.73. The lowest BCUT2D eigenvalue weighted by Gasteiger charge is -2.25. The highest BCUT2D eigenvalue weighted by molar-refractivity contribution is 7.99. The summed E-state index contributed by atoms with van der Waals surface area (Å²) in [5.41, 5.74) is 0.751. The summed E-state index contributed by atoms with van der Waals surface area (Å²) >= 11 is 1.83. The van der Waals surface area contributed by atoms with E-state index in [4.69, 9.17) is 0 Å². The van der Waals surface area contributed by atoms with E-state index < -0.39 is 6.36 Å². The van der Waals surface area contributed by atoms with Crippen LogP contribution in [0.4, 0.5) is 13.2 Å². The first kappa shape index (κ1) is 20.9. The average Bonchev–Trinajstić information content (AvgIpc) is 2.48. The van der Waals surface area contributed by atoms with Crippen LogP contribution in [0.25, 0.3) is 0 Å². The standard InChI is InChI=1S/C15H19F3N2O2S.ClH/c1-20(14(21)8-12-10-23-7-6-19-12)9-11-2-4-13(5-3-11)22-15(16,17)18;/h2-5,12,19H,6-10H2,1H3;1H. The van der Waals surface area contributed by atoms with Gasteiger partial charge in [-0.05, 0) is 17.7 Å². The van der Waals surface area contributed by atoms with Crippen molar-refractivity contribution in [2.45, 2.75) is 25.4 Å². The number of nitrogens with zero attached hydrogens (tertiary/aromatic N) is 1. The van der Waals surface area contributed by atoms with Crippen LogP contribution in [0.5, 0.6) is 5.75 Å². The Bertz CT molecular complexity index is 522. The van der Waals surface area contributed by atoms with Gasteiger partial charge in [-0.3, -0.25) is 4.79 Å². The van der Waals surface area contributed by atoms with Gasteiger partial charge in [0.15, 0.2) is 0 Å². The number of carbonyl (C=O) groups is 1. The molecule has 1 N–H and O–H groups in total. The fourth-order valence-corrected chi connectivity index (χ4v) is 3.23. The lowest BCUT2D eigenvalue weighted by molar-refractivity contribution is -0.274. The Kier molecular flexibility index (Phi) is 8.18. The first-order chi connectivity index (χ1) is 10.8. The number of rotatable bonds is 5. The van der Waals surface area contributed by atoms with Crippen LogP contribution >= 0.6 is 24.2 Å². The Morgan fingerprint density at radius 3 is 2.58 bits per heavy atom. The molecular weight excluding hydrogens is 365 g/mol. The number of ether oxygens (including phenoxy) is 1. The molecule has 1 aromatic carbocycles. The van der Waals surface area contributed by atoms with Crippen molar-refractivity contribution in [2.75, 3.05) is 25.1 Å². The Balaban J connectivity index is 0.00000288. The zero-order valence-corrected chi connectivity index (χ0v) is 14.8. The van der Waals surface area contributed by atoms with Crippen molar-refractivity contribution in [1.29, 1.82) is 0 Å². The molecule has 1 saturated heterocycles. The minimum Gasteiger partial charge on any atom is -0.406 e. The minimum atomic E-state index is -4.70. The van der Waals surface area contributed by atoms with Gasteiger partial charge in [0.25, 0.3) is 0 Å². The zero-order chi connectivity index (χ0) is 16.9. The van der Waals surface area contributed by atoms with Crippen molar-refractivity contribution in [3.05, 3.63) is 29.8 Å². The van der Waals surface area contributed by atoms with Crippen molar-refractivity contribution in [3.63, 3.8) is 0 Å². The predicted octanol–water partition coefficient (Wildman–Crippen LogP) is 3.06. The number of hydrogen-bond donors (Lipinski definition) is 1. The molecule has 1 aromatic rings. The van der Waals surface area contributed by atoms with Gasteiger partial charge in [0.2, 0.25) is 5.91 Å². The minimum absolute atomic E-state index is 0. The van der Waals surface area contributed by atoms with Gasteiger partial charge < -0.3 is 15.0 Å². The van der Waals surface area contributed by atoms with E-state index in [1.807, 2.05) is 11.8 Å². The van der Waals surface area contributed by atoms with Crippen LogP contribution in [0, 0.1) is 0 Å². The predicted molar refractivity (Wildman–Crippen MR) is 90.6 cm³/mol. The maximum absolute atomic E-state index is 12.2. The second-order valence-corrected chi connectivity index (χ2v) is 6.52. The molecule has 9 heteroatoms. The molecule has 0 bridgehead atoms. The van der Waals surface area contributed by atoms with Crippen molar-refractivity contribution < 1.29 is 22.7 Å². The zero-order valence-electron chi connectivity index (χ0n) is 13.1. The molecule has 1 unspecified atom stereocenters. The molecule has 2 rings (SSSR count). The normalized spacial score (nSPS) is 17.8. The molecule has 24 heavy (non-hydrogen) atoms. The van der Waals surface area contributed by atoms with Crippen LogP contribution in [-0.4, -0.2) is 48.3 Å². The van der Waals surface area contributed by atoms with Crippen molar-refractivity contribution in [3.8, 4) is 5.75 Å². The summed E-state index contributed by atoms with van der Waals surface area (Å²) in [6.07, 6.45) is -4.27. The van der Waals surface area contributed by atoms with E-state index in [1.165, 1.54) is 24.3 Å². The monoisotopic (exact) mass is 384 g/mol. The van der Waals surface area contributed by atoms with Crippen molar-refractivity contribution >= 4 is 30.1 Å². The fraction of sp³-hybridized carbons (Fsp3) is 0.533. The second-order valence-electron chi connectivity index (χ2n) is 5.37. The maximum atomic E-state index is 12.2. The third-order valence-corrected chi connectivity index (χ3v) is 4.55. The molecule has 1 fully saturated rings. The number of thioether (sulfide) groups is 1. The molecule has 1 heterocycles. The highest BCUT2D eigenvalue weighted by atomic mass is 35.5. The summed E-state index contributed by atoms with van der Waals surface area (Å²) < 4.78 is 40.1. The molecule has 1 aliphatic heterocycles. The van der Waals surface area contributed by atoms with E-state index >= 15 is 0 Å². The second kappa shape index (κ2) is 9.39. The number of nitrogens with one attached hydrogen (secondary N) is 1. The van der Waals surface area contributed by atoms with E-state index in [2.05, 4.69) is 10.1 Å². The van der Waals surface area contributed by atoms with Gasteiger partial charge in [-0.2, -0.15) is 11.8 Å². The van der Waals surface area contributed by atoms with E-state index in [0.29, 0.717) is 13.0 Å². The number of carbonyl (C=O) groups excluding carboxylic acids is 1. The summed E-state index contributed by atoms with van der Waals surface area (Å²) in [6.45, 7) is 1.26. The van der Waals surface area contributed by atoms with Gasteiger partial charge in [0, 0.05) is 44.1 Å². The first-order valence-electron chi connectivity index (χ1n) is 7.23. The van der Waals surface area contributed by atoms with Gasteiger partial charge >= 0.3 is 6.36 Å². The van der Waals surface area contributed by atoms with E-state index in [0.717, 1.165) is 23.6 Å². The van der Waals surface area contributed by atoms with Crippen molar-refractivity contribution in [1.82, 2.24) is 10.2 Å². The van der Waals surface area contributed by atoms with E-state index in [9.17, 15) is 18.0 Å². The molecule has 0 saturated carbocycles. The first-order valence-corrected chi connectivity index (χ1v) is 8.39. The van der Waals surface area contributed by atoms with Crippen LogP contribution in [0.1, 0.15) is 12.0 Å². The molecule has 1 amide bonds. The van der Waals surface area contributed by atoms with Gasteiger partial charge in [0.1, 0.15) is 5.75 Å². The molecular formula is C15H20ClF3N2O2S. The third-order valence-electron chi connectivity index (χ3n) is 3.42. The topological polar surface area (TPSA) is 41.6 Å². The molecule has 136 valence electrons. The van der Waals surface area contributed by atoms with Crippen molar-refractivity contribution in [2.24, 2.45) is 0 Å². The number of benzene rings is 1. The number of alkyl halides is 3. The molecule has 4 nitrogen and oxygen atoms in total. The lowest BCUT2D eigenvalue weighted by Crippen LogP contribution is -2.41. The van der Waals surface area contributed by atoms with Crippen LogP contribution in [-0.2, 0) is 11.3 Å². The van der Waals surface area contributed by atoms with Gasteiger partial charge in [-0.25, -0.2) is 0 Å². The van der Waals surface area contributed by atoms with E-state index in [1.54, 1.807) is 11.9 Å². The summed E-state index contributed by atoms with van der Waals surface area (Å²) in [5, 5.41) is 3.31. The Morgan fingerprint density at radius 1 is 1.38 bits per heavy atom. The van der Waals surface area contributed by atoms with Crippen LogP contribution in [0.15, 0.2) is 24.3 Å². The SMILES string of the molecule is CN(Cc1ccc(OC(F)(F)F)cc1)C(=O)CC1CSCCN1.Cl. The average molecular weight is 385 g/mol. The highest BCUT2D eigenvalue weighted by Crippen LogP contribution is 2.23. The third kappa shape index (κ3) is 7.19. The van der Waals surface area contributed by atoms with Gasteiger partial charge in [-0.15, -0.1) is 25.6 Å². The Morgan fingerprint density at radius 2 is 2.04 bits per heavy atom. The van der Waals surface area contributed by atoms with E-state index in [-0.39, 0.29) is 30.1 Å². The number of amides is 1. The van der Waals surface area contributed by atoms with Crippen LogP contribution in [0.3, 0.4) is 0 Å². The Hall–Kier alpha value is -1.12. The van der Waals surface area contributed by atoms with Gasteiger partial charge in [-0.1, -0.05) is 12.1 Å². The molecule has 0 radical (unpaired) electrons. The molecule has 1 atom stereocenters.